The summed E-state index contributed by atoms with van der Waals surface area (Å²) in [5.41, 5.74) is 0.933. The van der Waals surface area contributed by atoms with Gasteiger partial charge in [-0.15, -0.1) is 16.4 Å². The Morgan fingerprint density at radius 2 is 2.33 bits per heavy atom. The molecular weight excluding hydrogens is 322 g/mol. The first kappa shape index (κ1) is 15.3. The summed E-state index contributed by atoms with van der Waals surface area (Å²) in [7, 11) is 0. The summed E-state index contributed by atoms with van der Waals surface area (Å²) in [6.45, 7) is 2.65. The van der Waals surface area contributed by atoms with Crippen LogP contribution in [0.4, 0.5) is 5.82 Å². The third-order valence-electron chi connectivity index (χ3n) is 4.24. The van der Waals surface area contributed by atoms with Crippen LogP contribution in [0, 0.1) is 0 Å². The number of hydrogen-bond donors (Lipinski definition) is 1. The first-order chi connectivity index (χ1) is 11.9. The van der Waals surface area contributed by atoms with Gasteiger partial charge in [0, 0.05) is 37.9 Å². The van der Waals surface area contributed by atoms with Gasteiger partial charge >= 0.3 is 0 Å². The van der Waals surface area contributed by atoms with Crippen LogP contribution in [0.3, 0.4) is 0 Å². The molecule has 1 saturated heterocycles. The van der Waals surface area contributed by atoms with Crippen LogP contribution in [0.1, 0.15) is 18.5 Å². The van der Waals surface area contributed by atoms with Crippen molar-refractivity contribution >= 4 is 17.2 Å². The molecule has 0 bridgehead atoms. The summed E-state index contributed by atoms with van der Waals surface area (Å²) < 4.78 is 5.41. The van der Waals surface area contributed by atoms with E-state index in [0.717, 1.165) is 35.2 Å². The maximum absolute atomic E-state index is 5.41. The second kappa shape index (κ2) is 7.11. The summed E-state index contributed by atoms with van der Waals surface area (Å²) in [4.78, 5) is 3.44. The second-order valence-electron chi connectivity index (χ2n) is 5.86. The molecule has 0 radical (unpaired) electrons. The minimum atomic E-state index is 0.449. The number of hydrogen-bond acceptors (Lipinski definition) is 7. The van der Waals surface area contributed by atoms with Crippen molar-refractivity contribution in [3.63, 3.8) is 0 Å². The van der Waals surface area contributed by atoms with Gasteiger partial charge in [-0.3, -0.25) is 0 Å². The zero-order valence-corrected chi connectivity index (χ0v) is 14.1. The SMILES string of the molecule is c1cnnc(N2CCCC2CNCc2cc(-c3cccs3)on2)c1. The Morgan fingerprint density at radius 1 is 1.33 bits per heavy atom. The lowest BCUT2D eigenvalue weighted by atomic mass is 10.2. The molecule has 1 unspecified atom stereocenters. The van der Waals surface area contributed by atoms with Gasteiger partial charge in [0.05, 0.1) is 10.6 Å². The van der Waals surface area contributed by atoms with E-state index in [-0.39, 0.29) is 0 Å². The first-order valence-corrected chi connectivity index (χ1v) is 9.02. The van der Waals surface area contributed by atoms with E-state index in [1.807, 2.05) is 35.7 Å². The predicted molar refractivity (Wildman–Crippen MR) is 93.9 cm³/mol. The number of rotatable bonds is 6. The zero-order chi connectivity index (χ0) is 16.2. The molecule has 7 heteroatoms. The van der Waals surface area contributed by atoms with Gasteiger partial charge in [-0.2, -0.15) is 5.10 Å². The Bertz CT molecular complexity index is 758. The highest BCUT2D eigenvalue weighted by Gasteiger charge is 2.25. The molecule has 0 spiro atoms. The number of nitrogens with zero attached hydrogens (tertiary/aromatic N) is 4. The smallest absolute Gasteiger partial charge is 0.177 e. The summed E-state index contributed by atoms with van der Waals surface area (Å²) in [5.74, 6) is 1.80. The Kier molecular flexibility index (Phi) is 4.53. The van der Waals surface area contributed by atoms with Crippen molar-refractivity contribution < 1.29 is 4.52 Å². The lowest BCUT2D eigenvalue weighted by Gasteiger charge is -2.25. The van der Waals surface area contributed by atoms with E-state index in [2.05, 4.69) is 25.6 Å². The number of thiophene rings is 1. The van der Waals surface area contributed by atoms with Gasteiger partial charge in [0.25, 0.3) is 0 Å². The van der Waals surface area contributed by atoms with Crippen molar-refractivity contribution in [2.45, 2.75) is 25.4 Å². The van der Waals surface area contributed by atoms with Gasteiger partial charge < -0.3 is 14.7 Å². The lowest BCUT2D eigenvalue weighted by Crippen LogP contribution is -2.38. The molecule has 3 aromatic heterocycles. The van der Waals surface area contributed by atoms with Crippen molar-refractivity contribution in [1.29, 1.82) is 0 Å². The van der Waals surface area contributed by atoms with Crippen LogP contribution >= 0.6 is 11.3 Å². The standard InChI is InChI=1S/C17H19N5OS/c1-6-17(20-19-7-1)22-8-2-4-14(22)12-18-11-13-10-15(23-21-13)16-5-3-9-24-16/h1,3,5-7,9-10,14,18H,2,4,8,11-12H2. The van der Waals surface area contributed by atoms with Crippen molar-refractivity contribution in [3.8, 4) is 10.6 Å². The molecular formula is C17H19N5OS. The van der Waals surface area contributed by atoms with E-state index in [1.54, 1.807) is 17.5 Å². The van der Waals surface area contributed by atoms with Crippen LogP contribution in [-0.4, -0.2) is 34.5 Å². The monoisotopic (exact) mass is 341 g/mol. The van der Waals surface area contributed by atoms with Crippen LogP contribution in [-0.2, 0) is 6.54 Å². The minimum Gasteiger partial charge on any atom is -0.355 e. The Hall–Kier alpha value is -2.25. The topological polar surface area (TPSA) is 67.1 Å². The molecule has 6 nitrogen and oxygen atoms in total. The first-order valence-electron chi connectivity index (χ1n) is 8.15. The van der Waals surface area contributed by atoms with Crippen LogP contribution < -0.4 is 10.2 Å². The largest absolute Gasteiger partial charge is 0.355 e. The van der Waals surface area contributed by atoms with Gasteiger partial charge in [-0.05, 0) is 36.4 Å². The van der Waals surface area contributed by atoms with E-state index < -0.39 is 0 Å². The molecule has 4 heterocycles. The van der Waals surface area contributed by atoms with Crippen molar-refractivity contribution in [3.05, 3.63) is 47.6 Å². The summed E-state index contributed by atoms with van der Waals surface area (Å²) in [6, 6.07) is 10.5. The van der Waals surface area contributed by atoms with Crippen LogP contribution in [0.25, 0.3) is 10.6 Å². The van der Waals surface area contributed by atoms with Crippen LogP contribution in [0.15, 0.2) is 46.4 Å². The molecule has 0 amide bonds. The third kappa shape index (κ3) is 3.32. The van der Waals surface area contributed by atoms with Crippen molar-refractivity contribution in [1.82, 2.24) is 20.7 Å². The van der Waals surface area contributed by atoms with E-state index in [0.29, 0.717) is 12.6 Å². The van der Waals surface area contributed by atoms with Gasteiger partial charge in [-0.1, -0.05) is 11.2 Å². The summed E-state index contributed by atoms with van der Waals surface area (Å²) >= 11 is 1.66. The van der Waals surface area contributed by atoms with Crippen molar-refractivity contribution in [2.24, 2.45) is 0 Å². The molecule has 0 aromatic carbocycles. The Balaban J connectivity index is 1.32. The average Bonchev–Trinajstić information content (AvgIpc) is 3.37. The van der Waals surface area contributed by atoms with Crippen LogP contribution in [0.2, 0.25) is 0 Å². The van der Waals surface area contributed by atoms with E-state index in [4.69, 9.17) is 4.52 Å². The normalized spacial score (nSPS) is 17.5. The molecule has 4 rings (SSSR count). The summed E-state index contributed by atoms with van der Waals surface area (Å²) in [6.07, 6.45) is 4.07. The zero-order valence-electron chi connectivity index (χ0n) is 13.3. The number of aromatic nitrogens is 3. The van der Waals surface area contributed by atoms with Gasteiger partial charge in [0.2, 0.25) is 0 Å². The molecule has 0 saturated carbocycles. The predicted octanol–water partition coefficient (Wildman–Crippen LogP) is 2.95. The van der Waals surface area contributed by atoms with E-state index in [9.17, 15) is 0 Å². The number of anilines is 1. The van der Waals surface area contributed by atoms with Gasteiger partial charge in [-0.25, -0.2) is 0 Å². The van der Waals surface area contributed by atoms with Crippen LogP contribution in [0.5, 0.6) is 0 Å². The summed E-state index contributed by atoms with van der Waals surface area (Å²) in [5, 5.41) is 17.9. The third-order valence-corrected chi connectivity index (χ3v) is 5.12. The molecule has 1 aliphatic rings. The molecule has 1 fully saturated rings. The molecule has 0 aliphatic carbocycles. The Morgan fingerprint density at radius 3 is 3.17 bits per heavy atom. The highest BCUT2D eigenvalue weighted by molar-refractivity contribution is 7.13. The van der Waals surface area contributed by atoms with E-state index in [1.165, 1.54) is 12.8 Å². The fourth-order valence-corrected chi connectivity index (χ4v) is 3.77. The molecule has 24 heavy (non-hydrogen) atoms. The fraction of sp³-hybridized carbons (Fsp3) is 0.353. The highest BCUT2D eigenvalue weighted by atomic mass is 32.1. The molecule has 1 atom stereocenters. The molecule has 3 aromatic rings. The highest BCUT2D eigenvalue weighted by Crippen LogP contribution is 2.25. The fourth-order valence-electron chi connectivity index (χ4n) is 3.09. The maximum atomic E-state index is 5.41. The second-order valence-corrected chi connectivity index (χ2v) is 6.81. The lowest BCUT2D eigenvalue weighted by molar-refractivity contribution is 0.419. The Labute approximate surface area is 144 Å². The molecule has 1 N–H and O–H groups in total. The molecule has 124 valence electrons. The number of nitrogens with one attached hydrogen (secondary N) is 1. The van der Waals surface area contributed by atoms with E-state index >= 15 is 0 Å². The maximum Gasteiger partial charge on any atom is 0.177 e. The minimum absolute atomic E-state index is 0.449. The van der Waals surface area contributed by atoms with Gasteiger partial charge in [0.15, 0.2) is 11.6 Å². The van der Waals surface area contributed by atoms with Gasteiger partial charge in [0.1, 0.15) is 0 Å². The molecule has 1 aliphatic heterocycles. The quantitative estimate of drug-likeness (QED) is 0.743. The average molecular weight is 341 g/mol. The van der Waals surface area contributed by atoms with Crippen molar-refractivity contribution in [2.75, 3.05) is 18.0 Å².